The summed E-state index contributed by atoms with van der Waals surface area (Å²) in [5.41, 5.74) is 0.0194. The molecule has 1 saturated carbocycles. The Morgan fingerprint density at radius 2 is 2.09 bits per heavy atom. The van der Waals surface area contributed by atoms with Crippen molar-refractivity contribution in [3.05, 3.63) is 36.8 Å². The summed E-state index contributed by atoms with van der Waals surface area (Å²) in [7, 11) is 0. The number of aromatic nitrogens is 3. The van der Waals surface area contributed by atoms with Crippen molar-refractivity contribution < 1.29 is 14.7 Å². The quantitative estimate of drug-likeness (QED) is 0.893. The van der Waals surface area contributed by atoms with E-state index in [-0.39, 0.29) is 5.91 Å². The molecule has 0 aromatic carbocycles. The van der Waals surface area contributed by atoms with Gasteiger partial charge in [0.05, 0.1) is 23.7 Å². The maximum Gasteiger partial charge on any atom is 0.307 e. The first-order valence-corrected chi connectivity index (χ1v) is 6.91. The van der Waals surface area contributed by atoms with Gasteiger partial charge in [0.1, 0.15) is 0 Å². The number of hydrogen-bond donors (Lipinski definition) is 2. The largest absolute Gasteiger partial charge is 0.481 e. The number of carbonyl (C=O) groups is 2. The molecule has 1 aliphatic rings. The molecule has 2 atom stereocenters. The number of aliphatic carboxylic acids is 1. The molecule has 0 aliphatic heterocycles. The lowest BCUT2D eigenvalue weighted by Gasteiger charge is -2.06. The average Bonchev–Trinajstić information content (AvgIpc) is 2.84. The summed E-state index contributed by atoms with van der Waals surface area (Å²) in [6, 6.07) is 5.24. The van der Waals surface area contributed by atoms with Gasteiger partial charge in [-0.25, -0.2) is 9.67 Å². The van der Waals surface area contributed by atoms with Gasteiger partial charge >= 0.3 is 5.97 Å². The molecule has 0 unspecified atom stereocenters. The zero-order valence-electron chi connectivity index (χ0n) is 12.2. The van der Waals surface area contributed by atoms with Crippen LogP contribution < -0.4 is 5.32 Å². The molecule has 0 spiro atoms. The number of nitrogens with one attached hydrogen (secondary N) is 1. The Labute approximate surface area is 127 Å². The lowest BCUT2D eigenvalue weighted by atomic mass is 10.1. The van der Waals surface area contributed by atoms with E-state index in [1.807, 2.05) is 0 Å². The van der Waals surface area contributed by atoms with Crippen molar-refractivity contribution in [3.63, 3.8) is 0 Å². The van der Waals surface area contributed by atoms with Gasteiger partial charge in [0, 0.05) is 12.4 Å². The summed E-state index contributed by atoms with van der Waals surface area (Å²) in [4.78, 5) is 27.5. The number of carbonyl (C=O) groups excluding carboxylic acids is 1. The van der Waals surface area contributed by atoms with E-state index in [2.05, 4.69) is 15.4 Å². The van der Waals surface area contributed by atoms with Crippen molar-refractivity contribution in [1.29, 1.82) is 0 Å². The minimum Gasteiger partial charge on any atom is -0.481 e. The molecule has 114 valence electrons. The summed E-state index contributed by atoms with van der Waals surface area (Å²) < 4.78 is 1.61. The van der Waals surface area contributed by atoms with Crippen LogP contribution in [0.5, 0.6) is 0 Å². The number of carboxylic acids is 1. The van der Waals surface area contributed by atoms with Gasteiger partial charge < -0.3 is 10.4 Å². The maximum atomic E-state index is 12.2. The van der Waals surface area contributed by atoms with Gasteiger partial charge in [0.15, 0.2) is 5.82 Å². The molecule has 7 heteroatoms. The van der Waals surface area contributed by atoms with Gasteiger partial charge in [-0.1, -0.05) is 13.8 Å². The lowest BCUT2D eigenvalue weighted by Crippen LogP contribution is -2.18. The molecule has 22 heavy (non-hydrogen) atoms. The van der Waals surface area contributed by atoms with Gasteiger partial charge in [-0.3, -0.25) is 9.59 Å². The Balaban J connectivity index is 1.69. The molecular weight excluding hydrogens is 284 g/mol. The minimum atomic E-state index is -0.933. The second-order valence-electron chi connectivity index (χ2n) is 5.96. The van der Waals surface area contributed by atoms with E-state index in [0.29, 0.717) is 11.5 Å². The Bertz CT molecular complexity index is 707. The van der Waals surface area contributed by atoms with E-state index in [1.54, 1.807) is 49.1 Å². The summed E-state index contributed by atoms with van der Waals surface area (Å²) in [5, 5.41) is 15.9. The fraction of sp³-hybridized carbons (Fsp3) is 0.333. The van der Waals surface area contributed by atoms with E-state index in [9.17, 15) is 9.59 Å². The maximum absolute atomic E-state index is 12.2. The Hall–Kier alpha value is -2.70. The molecule has 1 amide bonds. The van der Waals surface area contributed by atoms with E-state index < -0.39 is 23.2 Å². The smallest absolute Gasteiger partial charge is 0.307 e. The minimum absolute atomic E-state index is 0.286. The van der Waals surface area contributed by atoms with E-state index in [0.717, 1.165) is 0 Å². The highest BCUT2D eigenvalue weighted by Crippen LogP contribution is 2.58. The third-order valence-corrected chi connectivity index (χ3v) is 4.13. The molecule has 7 nitrogen and oxygen atoms in total. The van der Waals surface area contributed by atoms with Crippen LogP contribution in [0.4, 0.5) is 5.69 Å². The van der Waals surface area contributed by atoms with Crippen LogP contribution in [0.25, 0.3) is 5.82 Å². The molecule has 3 rings (SSSR count). The number of pyridine rings is 1. The predicted octanol–water partition coefficient (Wildman–Crippen LogP) is 1.56. The van der Waals surface area contributed by atoms with E-state index >= 15 is 0 Å². The fourth-order valence-corrected chi connectivity index (χ4v) is 2.81. The van der Waals surface area contributed by atoms with Gasteiger partial charge in [-0.15, -0.1) is 0 Å². The Kier molecular flexibility index (Phi) is 3.20. The monoisotopic (exact) mass is 300 g/mol. The van der Waals surface area contributed by atoms with Crippen LogP contribution in [-0.2, 0) is 9.59 Å². The first-order chi connectivity index (χ1) is 10.4. The van der Waals surface area contributed by atoms with Crippen LogP contribution >= 0.6 is 0 Å². The molecule has 0 radical (unpaired) electrons. The number of hydrogen-bond acceptors (Lipinski definition) is 4. The number of anilines is 1. The van der Waals surface area contributed by atoms with Gasteiger partial charge in [-0.2, -0.15) is 5.10 Å². The molecular formula is C15H16N4O3. The first kappa shape index (κ1) is 14.2. The van der Waals surface area contributed by atoms with Crippen molar-refractivity contribution in [2.45, 2.75) is 13.8 Å². The molecule has 2 N–H and O–H groups in total. The molecule has 1 fully saturated rings. The molecule has 0 saturated heterocycles. The SMILES string of the molecule is CC1(C)[C@H](C(=O)O)[C@@H]1C(=O)Nc1ccc(-n2cccn2)nc1. The zero-order chi connectivity index (χ0) is 15.9. The van der Waals surface area contributed by atoms with Crippen LogP contribution in [0.1, 0.15) is 13.8 Å². The van der Waals surface area contributed by atoms with Crippen LogP contribution in [0.15, 0.2) is 36.8 Å². The lowest BCUT2D eigenvalue weighted by molar-refractivity contribution is -0.140. The highest BCUT2D eigenvalue weighted by Gasteiger charge is 2.65. The van der Waals surface area contributed by atoms with Gasteiger partial charge in [0.2, 0.25) is 5.91 Å². The normalized spacial score (nSPS) is 22.1. The number of carboxylic acid groups (broad SMARTS) is 1. The zero-order valence-corrected chi connectivity index (χ0v) is 12.2. The van der Waals surface area contributed by atoms with Gasteiger partial charge in [0.25, 0.3) is 0 Å². The standard InChI is InChI=1S/C15H16N4O3/c1-15(2)11(12(15)14(21)22)13(20)18-9-4-5-10(16-8-9)19-7-3-6-17-19/h3-8,11-12H,1-2H3,(H,18,20)(H,21,22)/t11-,12+/m1/s1. The summed E-state index contributed by atoms with van der Waals surface area (Å²) in [5.74, 6) is -1.74. The summed E-state index contributed by atoms with van der Waals surface area (Å²) in [6.07, 6.45) is 4.95. The van der Waals surface area contributed by atoms with E-state index in [4.69, 9.17) is 5.11 Å². The number of amides is 1. The van der Waals surface area contributed by atoms with Gasteiger partial charge in [-0.05, 0) is 23.6 Å². The third kappa shape index (κ3) is 2.34. The van der Waals surface area contributed by atoms with Crippen molar-refractivity contribution >= 4 is 17.6 Å². The highest BCUT2D eigenvalue weighted by molar-refractivity contribution is 5.99. The van der Waals surface area contributed by atoms with Crippen LogP contribution in [0, 0.1) is 17.3 Å². The Morgan fingerprint density at radius 1 is 1.32 bits per heavy atom. The van der Waals surface area contributed by atoms with E-state index in [1.165, 1.54) is 6.20 Å². The van der Waals surface area contributed by atoms with Crippen molar-refractivity contribution in [2.24, 2.45) is 17.3 Å². The number of nitrogens with zero attached hydrogens (tertiary/aromatic N) is 3. The highest BCUT2D eigenvalue weighted by atomic mass is 16.4. The first-order valence-electron chi connectivity index (χ1n) is 6.91. The van der Waals surface area contributed by atoms with Crippen molar-refractivity contribution in [1.82, 2.24) is 14.8 Å². The molecule has 0 bridgehead atoms. The van der Waals surface area contributed by atoms with Crippen LogP contribution in [-0.4, -0.2) is 31.7 Å². The van der Waals surface area contributed by atoms with Crippen LogP contribution in [0.3, 0.4) is 0 Å². The second kappa shape index (κ2) is 4.94. The Morgan fingerprint density at radius 3 is 2.59 bits per heavy atom. The fourth-order valence-electron chi connectivity index (χ4n) is 2.81. The predicted molar refractivity (Wildman–Crippen MR) is 78.4 cm³/mol. The molecule has 2 heterocycles. The third-order valence-electron chi connectivity index (χ3n) is 4.13. The van der Waals surface area contributed by atoms with Crippen molar-refractivity contribution in [3.8, 4) is 5.82 Å². The van der Waals surface area contributed by atoms with Crippen molar-refractivity contribution in [2.75, 3.05) is 5.32 Å². The topological polar surface area (TPSA) is 97.1 Å². The summed E-state index contributed by atoms with van der Waals surface area (Å²) >= 11 is 0. The molecule has 2 aromatic rings. The molecule has 1 aliphatic carbocycles. The number of rotatable bonds is 4. The molecule has 2 aromatic heterocycles. The second-order valence-corrected chi connectivity index (χ2v) is 5.96. The van der Waals surface area contributed by atoms with Crippen LogP contribution in [0.2, 0.25) is 0 Å². The average molecular weight is 300 g/mol. The summed E-state index contributed by atoms with van der Waals surface area (Å²) in [6.45, 7) is 3.57.